The summed E-state index contributed by atoms with van der Waals surface area (Å²) in [5.41, 5.74) is 1.96. The fraction of sp³-hybridized carbons (Fsp3) is 0.571. The van der Waals surface area contributed by atoms with Gasteiger partial charge in [-0.3, -0.25) is 0 Å². The summed E-state index contributed by atoms with van der Waals surface area (Å²) in [5, 5.41) is 4.15. The smallest absolute Gasteiger partial charge is 0.126 e. The third-order valence-electron chi connectivity index (χ3n) is 3.18. The van der Waals surface area contributed by atoms with Gasteiger partial charge in [0.25, 0.3) is 0 Å². The summed E-state index contributed by atoms with van der Waals surface area (Å²) in [6.45, 7) is 4.91. The van der Waals surface area contributed by atoms with Crippen LogP contribution in [-0.4, -0.2) is 29.1 Å². The second kappa shape index (κ2) is 6.83. The van der Waals surface area contributed by atoms with Gasteiger partial charge in [-0.1, -0.05) is 19.1 Å². The lowest BCUT2D eigenvalue weighted by Gasteiger charge is -2.30. The number of hydrogen-bond acceptors (Lipinski definition) is 3. The van der Waals surface area contributed by atoms with E-state index in [9.17, 15) is 4.39 Å². The van der Waals surface area contributed by atoms with E-state index in [1.54, 1.807) is 6.07 Å². The minimum Gasteiger partial charge on any atom is -0.309 e. The molecule has 0 amide bonds. The molecular weight excluding hydrogens is 265 g/mol. The number of rotatable bonds is 4. The molecule has 0 radical (unpaired) electrons. The maximum atomic E-state index is 13.4. The standard InChI is InChI=1S/C14H20FNS2/c1-3-16-14(13-9-17-6-7-18-13)11-4-5-12(15)10(2)8-11/h4-5,8,13-14,16H,3,6-7,9H2,1-2H3. The van der Waals surface area contributed by atoms with Crippen LogP contribution in [0.15, 0.2) is 18.2 Å². The second-order valence-corrected chi connectivity index (χ2v) is 7.03. The number of thioether (sulfide) groups is 2. The van der Waals surface area contributed by atoms with Gasteiger partial charge in [0.05, 0.1) is 0 Å². The highest BCUT2D eigenvalue weighted by Crippen LogP contribution is 2.34. The van der Waals surface area contributed by atoms with Crippen LogP contribution in [0, 0.1) is 12.7 Å². The van der Waals surface area contributed by atoms with Gasteiger partial charge >= 0.3 is 0 Å². The fourth-order valence-corrected chi connectivity index (χ4v) is 5.11. The fourth-order valence-electron chi connectivity index (χ4n) is 2.24. The molecule has 1 nitrogen and oxygen atoms in total. The molecule has 1 aliphatic heterocycles. The van der Waals surface area contributed by atoms with Gasteiger partial charge in [0.2, 0.25) is 0 Å². The average molecular weight is 285 g/mol. The molecule has 1 heterocycles. The zero-order valence-corrected chi connectivity index (χ0v) is 12.5. The van der Waals surface area contributed by atoms with Crippen LogP contribution in [0.4, 0.5) is 4.39 Å². The molecule has 1 saturated heterocycles. The van der Waals surface area contributed by atoms with E-state index in [1.807, 2.05) is 42.6 Å². The van der Waals surface area contributed by atoms with Gasteiger partial charge in [-0.25, -0.2) is 4.39 Å². The highest BCUT2D eigenvalue weighted by atomic mass is 32.2. The Hall–Kier alpha value is -0.190. The average Bonchev–Trinajstić information content (AvgIpc) is 2.40. The van der Waals surface area contributed by atoms with Gasteiger partial charge in [-0.15, -0.1) is 0 Å². The van der Waals surface area contributed by atoms with Crippen LogP contribution in [0.5, 0.6) is 0 Å². The molecule has 18 heavy (non-hydrogen) atoms. The molecule has 0 aliphatic carbocycles. The molecule has 1 aromatic rings. The number of halogens is 1. The van der Waals surface area contributed by atoms with Crippen molar-refractivity contribution in [2.75, 3.05) is 23.8 Å². The minimum atomic E-state index is -0.111. The van der Waals surface area contributed by atoms with Crippen molar-refractivity contribution in [3.05, 3.63) is 35.1 Å². The summed E-state index contributed by atoms with van der Waals surface area (Å²) in [4.78, 5) is 0. The van der Waals surface area contributed by atoms with Gasteiger partial charge in [-0.05, 0) is 30.7 Å². The largest absolute Gasteiger partial charge is 0.309 e. The van der Waals surface area contributed by atoms with E-state index in [0.29, 0.717) is 11.3 Å². The van der Waals surface area contributed by atoms with Crippen molar-refractivity contribution < 1.29 is 4.39 Å². The molecule has 2 atom stereocenters. The molecule has 4 heteroatoms. The number of benzene rings is 1. The second-order valence-electron chi connectivity index (χ2n) is 4.53. The summed E-state index contributed by atoms with van der Waals surface area (Å²) in [6.07, 6.45) is 0. The molecule has 2 rings (SSSR count). The number of nitrogens with one attached hydrogen (secondary N) is 1. The predicted octanol–water partition coefficient (Wildman–Crippen LogP) is 3.63. The molecule has 0 bridgehead atoms. The summed E-state index contributed by atoms with van der Waals surface area (Å²) in [5.74, 6) is 3.54. The van der Waals surface area contributed by atoms with Crippen molar-refractivity contribution in [3.8, 4) is 0 Å². The highest BCUT2D eigenvalue weighted by Gasteiger charge is 2.25. The first kappa shape index (κ1) is 14.2. The van der Waals surface area contributed by atoms with Crippen LogP contribution in [0.25, 0.3) is 0 Å². The summed E-state index contributed by atoms with van der Waals surface area (Å²) >= 11 is 4.06. The van der Waals surface area contributed by atoms with Crippen molar-refractivity contribution in [1.29, 1.82) is 0 Å². The SMILES string of the molecule is CCNC(c1ccc(F)c(C)c1)C1CSCCS1. The van der Waals surface area contributed by atoms with Crippen LogP contribution in [0.3, 0.4) is 0 Å². The first-order valence-corrected chi connectivity index (χ1v) is 8.61. The van der Waals surface area contributed by atoms with Crippen LogP contribution in [0.1, 0.15) is 24.1 Å². The molecule has 1 aliphatic rings. The lowest BCUT2D eigenvalue weighted by Crippen LogP contribution is -2.33. The molecule has 1 N–H and O–H groups in total. The maximum Gasteiger partial charge on any atom is 0.126 e. The van der Waals surface area contributed by atoms with Gasteiger partial charge in [-0.2, -0.15) is 23.5 Å². The predicted molar refractivity (Wildman–Crippen MR) is 81.1 cm³/mol. The molecule has 0 saturated carbocycles. The first-order chi connectivity index (χ1) is 8.72. The van der Waals surface area contributed by atoms with Crippen LogP contribution < -0.4 is 5.32 Å². The number of aryl methyl sites for hydroxylation is 1. The Labute approximate surface area is 117 Å². The Morgan fingerprint density at radius 1 is 1.44 bits per heavy atom. The molecular formula is C14H20FNS2. The van der Waals surface area contributed by atoms with Crippen LogP contribution >= 0.6 is 23.5 Å². The van der Waals surface area contributed by atoms with E-state index in [0.717, 1.165) is 12.1 Å². The molecule has 1 fully saturated rings. The molecule has 1 aromatic carbocycles. The summed E-state index contributed by atoms with van der Waals surface area (Å²) in [6, 6.07) is 5.85. The first-order valence-electron chi connectivity index (χ1n) is 6.41. The lowest BCUT2D eigenvalue weighted by molar-refractivity contribution is 0.547. The van der Waals surface area contributed by atoms with Crippen molar-refractivity contribution in [1.82, 2.24) is 5.32 Å². The van der Waals surface area contributed by atoms with Crippen molar-refractivity contribution in [3.63, 3.8) is 0 Å². The Morgan fingerprint density at radius 3 is 2.89 bits per heavy atom. The quantitative estimate of drug-likeness (QED) is 0.907. The van der Waals surface area contributed by atoms with Gasteiger partial charge < -0.3 is 5.32 Å². The molecule has 0 spiro atoms. The monoisotopic (exact) mass is 285 g/mol. The molecule has 100 valence electrons. The van der Waals surface area contributed by atoms with Crippen molar-refractivity contribution in [2.24, 2.45) is 0 Å². The minimum absolute atomic E-state index is 0.111. The third-order valence-corrected chi connectivity index (χ3v) is 6.04. The van der Waals surface area contributed by atoms with Crippen molar-refractivity contribution >= 4 is 23.5 Å². The van der Waals surface area contributed by atoms with Crippen LogP contribution in [-0.2, 0) is 0 Å². The van der Waals surface area contributed by atoms with E-state index < -0.39 is 0 Å². The normalized spacial score (nSPS) is 21.8. The molecule has 0 aromatic heterocycles. The van der Waals surface area contributed by atoms with Gasteiger partial charge in [0.1, 0.15) is 5.82 Å². The van der Waals surface area contributed by atoms with Gasteiger partial charge in [0, 0.05) is 28.6 Å². The van der Waals surface area contributed by atoms with Crippen molar-refractivity contribution in [2.45, 2.75) is 25.1 Å². The Kier molecular flexibility index (Phi) is 5.39. The number of hydrogen-bond donors (Lipinski definition) is 1. The zero-order chi connectivity index (χ0) is 13.0. The lowest BCUT2D eigenvalue weighted by atomic mass is 10.0. The maximum absolute atomic E-state index is 13.4. The summed E-state index contributed by atoms with van der Waals surface area (Å²) in [7, 11) is 0. The van der Waals surface area contributed by atoms with E-state index in [-0.39, 0.29) is 5.82 Å². The van der Waals surface area contributed by atoms with Gasteiger partial charge in [0.15, 0.2) is 0 Å². The van der Waals surface area contributed by atoms with E-state index >= 15 is 0 Å². The summed E-state index contributed by atoms with van der Waals surface area (Å²) < 4.78 is 13.4. The third kappa shape index (κ3) is 3.43. The zero-order valence-electron chi connectivity index (χ0n) is 10.9. The molecule has 2 unspecified atom stereocenters. The Bertz CT molecular complexity index is 391. The Morgan fingerprint density at radius 2 is 2.28 bits per heavy atom. The van der Waals surface area contributed by atoms with E-state index in [2.05, 4.69) is 12.2 Å². The van der Waals surface area contributed by atoms with Crippen LogP contribution in [0.2, 0.25) is 0 Å². The van der Waals surface area contributed by atoms with E-state index in [1.165, 1.54) is 22.8 Å². The highest BCUT2D eigenvalue weighted by molar-refractivity contribution is 8.06. The topological polar surface area (TPSA) is 12.0 Å². The van der Waals surface area contributed by atoms with E-state index in [4.69, 9.17) is 0 Å². The Balaban J connectivity index is 2.19.